The van der Waals surface area contributed by atoms with Crippen LogP contribution < -0.4 is 27.4 Å². The van der Waals surface area contributed by atoms with Crippen LogP contribution in [0.15, 0.2) is 58.7 Å². The minimum atomic E-state index is -0.869. The van der Waals surface area contributed by atoms with Crippen molar-refractivity contribution in [3.63, 3.8) is 0 Å². The second-order valence-electron chi connectivity index (χ2n) is 10.7. The summed E-state index contributed by atoms with van der Waals surface area (Å²) in [6.07, 6.45) is 4.92. The fourth-order valence-electron chi connectivity index (χ4n) is 5.12. The van der Waals surface area contributed by atoms with E-state index in [0.29, 0.717) is 56.0 Å². The molecule has 3 aromatic rings. The first kappa shape index (κ1) is 33.8. The molecule has 1 aromatic carbocycles. The number of likely N-dealkylation sites (N-methyl/N-ethyl adjacent to an activating group) is 1. The van der Waals surface area contributed by atoms with Crippen LogP contribution in [-0.2, 0) is 22.7 Å². The zero-order valence-corrected chi connectivity index (χ0v) is 26.6. The lowest BCUT2D eigenvalue weighted by atomic mass is 10.0. The molecule has 10 nitrogen and oxygen atoms in total. The Morgan fingerprint density at radius 2 is 1.89 bits per heavy atom. The molecular weight excluding hydrogens is 603 g/mol. The minimum Gasteiger partial charge on any atom is -0.342 e. The molecule has 1 aliphatic rings. The number of carbonyl (C=O) groups is 2. The molecule has 44 heavy (non-hydrogen) atoms. The van der Waals surface area contributed by atoms with E-state index in [1.54, 1.807) is 24.2 Å². The minimum absolute atomic E-state index is 0.0317. The highest BCUT2D eigenvalue weighted by Crippen LogP contribution is 2.39. The number of nitrogens with zero attached hydrogens (tertiary/aromatic N) is 3. The number of hydrogen-bond donors (Lipinski definition) is 5. The van der Waals surface area contributed by atoms with Crippen molar-refractivity contribution in [2.24, 2.45) is 11.5 Å². The first-order valence-electron chi connectivity index (χ1n) is 14.7. The summed E-state index contributed by atoms with van der Waals surface area (Å²) in [6, 6.07) is 9.06. The van der Waals surface area contributed by atoms with Crippen LogP contribution in [0.1, 0.15) is 37.3 Å². The van der Waals surface area contributed by atoms with E-state index >= 15 is 0 Å². The van der Waals surface area contributed by atoms with Gasteiger partial charge in [-0.1, -0.05) is 36.4 Å². The van der Waals surface area contributed by atoms with E-state index in [2.05, 4.69) is 25.9 Å². The van der Waals surface area contributed by atoms with Crippen molar-refractivity contribution in [3.8, 4) is 11.1 Å². The summed E-state index contributed by atoms with van der Waals surface area (Å²) in [5.41, 5.74) is 14.9. The number of halogens is 2. The molecule has 7 N–H and O–H groups in total. The van der Waals surface area contributed by atoms with E-state index in [4.69, 9.17) is 23.1 Å². The summed E-state index contributed by atoms with van der Waals surface area (Å²) in [5, 5.41) is 10.9. The fourth-order valence-corrected chi connectivity index (χ4v) is 6.47. The normalized spacial score (nSPS) is 20.4. The van der Waals surface area contributed by atoms with Gasteiger partial charge in [0, 0.05) is 62.6 Å². The molecule has 2 aromatic heterocycles. The van der Waals surface area contributed by atoms with Gasteiger partial charge in [-0.15, -0.1) is 0 Å². The van der Waals surface area contributed by atoms with E-state index in [-0.39, 0.29) is 24.4 Å². The first-order valence-corrected chi connectivity index (χ1v) is 15.9. The lowest BCUT2D eigenvalue weighted by molar-refractivity contribution is -0.137. The number of nitrogens with one attached hydrogen (secondary N) is 3. The Morgan fingerprint density at radius 1 is 1.07 bits per heavy atom. The van der Waals surface area contributed by atoms with E-state index in [1.165, 1.54) is 24.0 Å². The van der Waals surface area contributed by atoms with Gasteiger partial charge in [0.1, 0.15) is 11.1 Å². The van der Waals surface area contributed by atoms with Gasteiger partial charge in [0.15, 0.2) is 0 Å². The van der Waals surface area contributed by atoms with Crippen molar-refractivity contribution in [1.82, 2.24) is 30.8 Å². The highest BCUT2D eigenvalue weighted by atomic mass is 35.5. The quantitative estimate of drug-likeness (QED) is 0.256. The summed E-state index contributed by atoms with van der Waals surface area (Å²) in [4.78, 5) is 37.7. The van der Waals surface area contributed by atoms with E-state index < -0.39 is 18.0 Å². The molecule has 13 heteroatoms. The van der Waals surface area contributed by atoms with Crippen LogP contribution in [0.25, 0.3) is 11.1 Å². The Morgan fingerprint density at radius 3 is 2.61 bits per heavy atom. The average molecular weight is 643 g/mol. The van der Waals surface area contributed by atoms with Gasteiger partial charge in [-0.25, -0.2) is 9.97 Å². The monoisotopic (exact) mass is 642 g/mol. The zero-order valence-electron chi connectivity index (χ0n) is 25.0. The number of aromatic nitrogens is 2. The van der Waals surface area contributed by atoms with Crippen LogP contribution in [0, 0.1) is 5.95 Å². The summed E-state index contributed by atoms with van der Waals surface area (Å²) in [7, 11) is 1.73. The number of hydrogen-bond acceptors (Lipinski definition) is 9. The molecule has 3 heterocycles. The lowest BCUT2D eigenvalue weighted by Gasteiger charge is -2.31. The molecule has 0 aliphatic carbocycles. The van der Waals surface area contributed by atoms with Crippen molar-refractivity contribution in [3.05, 3.63) is 70.9 Å². The Bertz CT molecular complexity index is 1450. The molecule has 3 atom stereocenters. The highest BCUT2D eigenvalue weighted by molar-refractivity contribution is 7.99. The fraction of sp³-hybridized carbons (Fsp3) is 0.419. The van der Waals surface area contributed by atoms with Crippen molar-refractivity contribution in [1.29, 1.82) is 0 Å². The van der Waals surface area contributed by atoms with Crippen molar-refractivity contribution < 1.29 is 14.0 Å². The number of rotatable bonds is 6. The average Bonchev–Trinajstić information content (AvgIpc) is 3.02. The third kappa shape index (κ3) is 8.52. The number of fused-ring (bicyclic) bond motifs is 2. The SMILES string of the molecule is CC[C@H]1CNCc2cc(-c3ccnc(F)c3)cc(Cl)c2Sc2ncccc2CN[C@@H](CCCN)C(=O)N[C@@H](CN)C(=O)N1C. The Labute approximate surface area is 266 Å². The van der Waals surface area contributed by atoms with Crippen LogP contribution in [-0.4, -0.2) is 71.5 Å². The first-order chi connectivity index (χ1) is 21.2. The second-order valence-corrected chi connectivity index (χ2v) is 12.1. The number of amides is 2. The molecule has 4 rings (SSSR count). The van der Waals surface area contributed by atoms with Crippen LogP contribution in [0.5, 0.6) is 0 Å². The van der Waals surface area contributed by atoms with Gasteiger partial charge in [-0.05, 0) is 72.3 Å². The van der Waals surface area contributed by atoms with Crippen LogP contribution >= 0.6 is 23.4 Å². The maximum atomic E-state index is 14.0. The molecule has 0 radical (unpaired) electrons. The van der Waals surface area contributed by atoms with Gasteiger partial charge >= 0.3 is 0 Å². The molecular formula is C31H40ClFN8O2S. The van der Waals surface area contributed by atoms with Crippen LogP contribution in [0.4, 0.5) is 4.39 Å². The molecule has 0 unspecified atom stereocenters. The van der Waals surface area contributed by atoms with Crippen molar-refractivity contribution in [2.75, 3.05) is 26.7 Å². The smallest absolute Gasteiger partial charge is 0.246 e. The second kappa shape index (κ2) is 16.3. The van der Waals surface area contributed by atoms with Crippen LogP contribution in [0.3, 0.4) is 0 Å². The van der Waals surface area contributed by atoms with Crippen LogP contribution in [0.2, 0.25) is 5.02 Å². The van der Waals surface area contributed by atoms with Gasteiger partial charge in [0.25, 0.3) is 0 Å². The predicted molar refractivity (Wildman–Crippen MR) is 171 cm³/mol. The zero-order chi connectivity index (χ0) is 31.6. The molecule has 0 bridgehead atoms. The Kier molecular flexibility index (Phi) is 12.5. The van der Waals surface area contributed by atoms with Gasteiger partial charge in [-0.2, -0.15) is 4.39 Å². The topological polar surface area (TPSA) is 151 Å². The summed E-state index contributed by atoms with van der Waals surface area (Å²) in [6.45, 7) is 3.65. The molecule has 2 amide bonds. The number of pyridine rings is 2. The number of benzene rings is 1. The van der Waals surface area contributed by atoms with E-state index in [1.807, 2.05) is 31.2 Å². The Hall–Kier alpha value is -3.13. The van der Waals surface area contributed by atoms with E-state index in [9.17, 15) is 14.0 Å². The molecule has 0 saturated heterocycles. The number of carbonyl (C=O) groups excluding carboxylic acids is 2. The van der Waals surface area contributed by atoms with Crippen molar-refractivity contribution >= 4 is 35.2 Å². The molecule has 0 spiro atoms. The molecule has 236 valence electrons. The molecule has 0 fully saturated rings. The number of nitrogens with two attached hydrogens (primary N) is 2. The highest BCUT2D eigenvalue weighted by Gasteiger charge is 2.29. The lowest BCUT2D eigenvalue weighted by Crippen LogP contribution is -2.57. The van der Waals surface area contributed by atoms with E-state index in [0.717, 1.165) is 26.6 Å². The largest absolute Gasteiger partial charge is 0.342 e. The third-order valence-corrected chi connectivity index (χ3v) is 9.35. The summed E-state index contributed by atoms with van der Waals surface area (Å²) < 4.78 is 14.0. The maximum Gasteiger partial charge on any atom is 0.246 e. The third-order valence-electron chi connectivity index (χ3n) is 7.69. The Balaban J connectivity index is 1.76. The molecule has 0 saturated carbocycles. The van der Waals surface area contributed by atoms with Gasteiger partial charge in [-0.3, -0.25) is 9.59 Å². The predicted octanol–water partition coefficient (Wildman–Crippen LogP) is 3.07. The van der Waals surface area contributed by atoms with Gasteiger partial charge in [0.05, 0.1) is 11.1 Å². The molecule has 1 aliphatic heterocycles. The summed E-state index contributed by atoms with van der Waals surface area (Å²) in [5.74, 6) is -1.14. The standard InChI is InChI=1S/C31H40ClFN8O2S/c1-3-23-18-36-16-22-12-21(19-8-11-37-27(33)14-19)13-24(32)28(22)44-30-20(6-5-10-38-30)17-39-25(7-4-9-34)29(42)40-26(15-35)31(43)41(23)2/h5-6,8,10-14,23,25-26,36,39H,3-4,7,9,15-18,34-35H2,1-2H3,(H,40,42)/t23-,25-,26-/m0/s1. The maximum absolute atomic E-state index is 14.0. The van der Waals surface area contributed by atoms with Gasteiger partial charge in [0.2, 0.25) is 17.8 Å². The van der Waals surface area contributed by atoms with Crippen molar-refractivity contribution in [2.45, 2.75) is 67.3 Å². The van der Waals surface area contributed by atoms with Gasteiger partial charge < -0.3 is 32.3 Å². The summed E-state index contributed by atoms with van der Waals surface area (Å²) >= 11 is 8.36.